The van der Waals surface area contributed by atoms with E-state index in [0.717, 1.165) is 23.3 Å². The van der Waals surface area contributed by atoms with Gasteiger partial charge in [0.2, 0.25) is 0 Å². The van der Waals surface area contributed by atoms with Gasteiger partial charge in [0.25, 0.3) is 5.91 Å². The molecule has 182 valence electrons. The molecule has 6 nitrogen and oxygen atoms in total. The molecule has 0 atom stereocenters. The second kappa shape index (κ2) is 9.69. The van der Waals surface area contributed by atoms with Crippen LogP contribution in [-0.4, -0.2) is 30.2 Å². The van der Waals surface area contributed by atoms with Gasteiger partial charge >= 0.3 is 12.1 Å². The van der Waals surface area contributed by atoms with Gasteiger partial charge in [-0.2, -0.15) is 13.2 Å². The monoisotopic (exact) mass is 485 g/mol. The van der Waals surface area contributed by atoms with Crippen molar-refractivity contribution in [2.24, 2.45) is 0 Å². The molecule has 35 heavy (non-hydrogen) atoms. The number of hydrogen-bond acceptors (Lipinski definition) is 4. The lowest BCUT2D eigenvalue weighted by molar-refractivity contribution is -0.139. The molecular weight excluding hydrogens is 463 g/mol. The van der Waals surface area contributed by atoms with Crippen LogP contribution in [0.25, 0.3) is 0 Å². The van der Waals surface area contributed by atoms with Crippen molar-refractivity contribution in [3.05, 3.63) is 88.5 Å². The summed E-state index contributed by atoms with van der Waals surface area (Å²) in [6.45, 7) is 1.95. The van der Waals surface area contributed by atoms with E-state index in [0.29, 0.717) is 41.3 Å². The molecule has 0 aromatic heterocycles. The number of fused-ring (bicyclic) bond motifs is 1. The van der Waals surface area contributed by atoms with Gasteiger partial charge in [-0.15, -0.1) is 0 Å². The number of carbonyl (C=O) groups excluding carboxylic acids is 1. The van der Waals surface area contributed by atoms with Crippen LogP contribution in [0.2, 0.25) is 0 Å². The van der Waals surface area contributed by atoms with E-state index < -0.39 is 24.3 Å². The van der Waals surface area contributed by atoms with Crippen molar-refractivity contribution >= 4 is 17.6 Å². The summed E-state index contributed by atoms with van der Waals surface area (Å²) in [4.78, 5) is 25.0. The summed E-state index contributed by atoms with van der Waals surface area (Å²) < 4.78 is 49.8. The van der Waals surface area contributed by atoms with E-state index in [4.69, 9.17) is 14.6 Å². The van der Waals surface area contributed by atoms with Crippen LogP contribution in [0.5, 0.6) is 11.5 Å². The molecule has 4 rings (SSSR count). The minimum atomic E-state index is -4.44. The normalized spacial score (nSPS) is 13.0. The number of carbonyl (C=O) groups is 2. The summed E-state index contributed by atoms with van der Waals surface area (Å²) in [7, 11) is 0. The number of aliphatic carboxylic acids is 1. The highest BCUT2D eigenvalue weighted by molar-refractivity contribution is 6.10. The fourth-order valence-corrected chi connectivity index (χ4v) is 3.93. The topological polar surface area (TPSA) is 76.1 Å². The van der Waals surface area contributed by atoms with Gasteiger partial charge in [0.15, 0.2) is 6.61 Å². The number of amides is 1. The standard InChI is InChI=1S/C26H22F3NO5/c1-16-13-17(5-10-22(16)35-15-24(31)32)11-12-34-23-4-2-3-20-21(23)14-30(25(20)33)19-8-6-18(7-9-19)26(27,28)29/h2-10,13H,11-12,14-15H2,1H3,(H,31,32). The second-order valence-electron chi connectivity index (χ2n) is 8.10. The zero-order valence-corrected chi connectivity index (χ0v) is 18.8. The zero-order valence-electron chi connectivity index (χ0n) is 18.8. The number of carboxylic acid groups (broad SMARTS) is 1. The van der Waals surface area contributed by atoms with Crippen molar-refractivity contribution in [3.63, 3.8) is 0 Å². The minimum absolute atomic E-state index is 0.199. The largest absolute Gasteiger partial charge is 0.493 e. The summed E-state index contributed by atoms with van der Waals surface area (Å²) >= 11 is 0. The average Bonchev–Trinajstić information content (AvgIpc) is 3.15. The van der Waals surface area contributed by atoms with Crippen molar-refractivity contribution in [2.45, 2.75) is 26.1 Å². The number of anilines is 1. The van der Waals surface area contributed by atoms with Gasteiger partial charge in [0.1, 0.15) is 11.5 Å². The Labute approximate surface area is 199 Å². The third-order valence-corrected chi connectivity index (χ3v) is 5.67. The maximum Gasteiger partial charge on any atom is 0.416 e. The Hall–Kier alpha value is -4.01. The SMILES string of the molecule is Cc1cc(CCOc2cccc3c2CN(c2ccc(C(F)(F)F)cc2)C3=O)ccc1OCC(=O)O. The van der Waals surface area contributed by atoms with Gasteiger partial charge in [-0.1, -0.05) is 18.2 Å². The van der Waals surface area contributed by atoms with E-state index in [9.17, 15) is 22.8 Å². The Kier molecular flexibility index (Phi) is 6.68. The van der Waals surface area contributed by atoms with Gasteiger partial charge in [-0.3, -0.25) is 4.79 Å². The molecule has 1 aliphatic rings. The smallest absolute Gasteiger partial charge is 0.416 e. The van der Waals surface area contributed by atoms with Crippen LogP contribution in [0.4, 0.5) is 18.9 Å². The molecular formula is C26H22F3NO5. The van der Waals surface area contributed by atoms with Gasteiger partial charge in [-0.05, 0) is 60.5 Å². The number of aryl methyl sites for hydroxylation is 1. The zero-order chi connectivity index (χ0) is 25.2. The Morgan fingerprint density at radius 3 is 2.43 bits per heavy atom. The highest BCUT2D eigenvalue weighted by Crippen LogP contribution is 2.36. The third kappa shape index (κ3) is 5.40. The van der Waals surface area contributed by atoms with Gasteiger partial charge in [0.05, 0.1) is 18.7 Å². The van der Waals surface area contributed by atoms with Gasteiger partial charge in [0, 0.05) is 23.2 Å². The van der Waals surface area contributed by atoms with E-state index in [1.807, 2.05) is 19.1 Å². The van der Waals surface area contributed by atoms with Gasteiger partial charge < -0.3 is 19.5 Å². The molecule has 0 saturated heterocycles. The van der Waals surface area contributed by atoms with E-state index in [1.165, 1.54) is 17.0 Å². The van der Waals surface area contributed by atoms with E-state index in [-0.39, 0.29) is 12.5 Å². The number of nitrogens with zero attached hydrogens (tertiary/aromatic N) is 1. The van der Waals surface area contributed by atoms with Crippen molar-refractivity contribution in [2.75, 3.05) is 18.1 Å². The van der Waals surface area contributed by atoms with E-state index in [2.05, 4.69) is 0 Å². The molecule has 9 heteroatoms. The summed E-state index contributed by atoms with van der Waals surface area (Å²) in [5.41, 5.74) is 2.53. The summed E-state index contributed by atoms with van der Waals surface area (Å²) in [5.74, 6) is -0.298. The molecule has 1 heterocycles. The van der Waals surface area contributed by atoms with Crippen LogP contribution >= 0.6 is 0 Å². The first-order valence-corrected chi connectivity index (χ1v) is 10.8. The molecule has 0 radical (unpaired) electrons. The van der Waals surface area contributed by atoms with Crippen LogP contribution in [0.1, 0.15) is 32.6 Å². The Bertz CT molecular complexity index is 1250. The highest BCUT2D eigenvalue weighted by Gasteiger charge is 2.33. The Morgan fingerprint density at radius 2 is 1.77 bits per heavy atom. The molecule has 0 aliphatic carbocycles. The van der Waals surface area contributed by atoms with Crippen molar-refractivity contribution in [1.82, 2.24) is 0 Å². The van der Waals surface area contributed by atoms with Crippen molar-refractivity contribution in [1.29, 1.82) is 0 Å². The maximum atomic E-state index is 12.9. The minimum Gasteiger partial charge on any atom is -0.493 e. The molecule has 1 aliphatic heterocycles. The van der Waals surface area contributed by atoms with Crippen molar-refractivity contribution in [3.8, 4) is 11.5 Å². The molecule has 0 spiro atoms. The number of carboxylic acids is 1. The first-order chi connectivity index (χ1) is 16.6. The molecule has 0 unspecified atom stereocenters. The van der Waals surface area contributed by atoms with E-state index in [1.54, 1.807) is 24.3 Å². The van der Waals surface area contributed by atoms with Crippen LogP contribution in [0.3, 0.4) is 0 Å². The molecule has 3 aromatic carbocycles. The summed E-state index contributed by atoms with van der Waals surface area (Å²) in [5, 5.41) is 8.74. The van der Waals surface area contributed by atoms with Crippen LogP contribution in [-0.2, 0) is 23.9 Å². The highest BCUT2D eigenvalue weighted by atomic mass is 19.4. The average molecular weight is 485 g/mol. The number of halogens is 3. The lowest BCUT2D eigenvalue weighted by Crippen LogP contribution is -2.23. The van der Waals surface area contributed by atoms with Crippen molar-refractivity contribution < 1.29 is 37.3 Å². The number of hydrogen-bond donors (Lipinski definition) is 1. The lowest BCUT2D eigenvalue weighted by Gasteiger charge is -2.17. The molecule has 3 aromatic rings. The molecule has 0 bridgehead atoms. The van der Waals surface area contributed by atoms with Crippen LogP contribution in [0, 0.1) is 6.92 Å². The first kappa shape index (κ1) is 24.1. The Balaban J connectivity index is 1.42. The molecule has 1 amide bonds. The fourth-order valence-electron chi connectivity index (χ4n) is 3.93. The van der Waals surface area contributed by atoms with Crippen LogP contribution in [0.15, 0.2) is 60.7 Å². The third-order valence-electron chi connectivity index (χ3n) is 5.67. The quantitative estimate of drug-likeness (QED) is 0.471. The number of alkyl halides is 3. The van der Waals surface area contributed by atoms with E-state index >= 15 is 0 Å². The lowest BCUT2D eigenvalue weighted by atomic mass is 10.1. The number of ether oxygens (including phenoxy) is 2. The maximum absolute atomic E-state index is 12.9. The predicted octanol–water partition coefficient (Wildman–Crippen LogP) is 5.26. The molecule has 0 fully saturated rings. The Morgan fingerprint density at radius 1 is 1.03 bits per heavy atom. The van der Waals surface area contributed by atoms with Crippen LogP contribution < -0.4 is 14.4 Å². The first-order valence-electron chi connectivity index (χ1n) is 10.8. The summed E-state index contributed by atoms with van der Waals surface area (Å²) in [6, 6.07) is 15.1. The fraction of sp³-hybridized carbons (Fsp3) is 0.231. The second-order valence-corrected chi connectivity index (χ2v) is 8.10. The summed E-state index contributed by atoms with van der Waals surface area (Å²) in [6.07, 6.45) is -3.87. The predicted molar refractivity (Wildman–Crippen MR) is 122 cm³/mol. The molecule has 0 saturated carbocycles. The van der Waals surface area contributed by atoms with Gasteiger partial charge in [-0.25, -0.2) is 4.79 Å². The number of rotatable bonds is 8. The molecule has 1 N–H and O–H groups in total. The number of benzene rings is 3.